The summed E-state index contributed by atoms with van der Waals surface area (Å²) in [6.07, 6.45) is -12.9. The first-order valence-corrected chi connectivity index (χ1v) is 9.09. The first-order valence-electron chi connectivity index (χ1n) is 9.09. The maximum Gasteiger partial charge on any atom is 0.433 e. The highest BCUT2D eigenvalue weighted by atomic mass is 19.4. The third-order valence-corrected chi connectivity index (χ3v) is 4.04. The van der Waals surface area contributed by atoms with Gasteiger partial charge in [-0.15, -0.1) is 0 Å². The molecule has 1 aromatic heterocycles. The van der Waals surface area contributed by atoms with Gasteiger partial charge in [-0.1, -0.05) is 6.08 Å². The zero-order valence-corrected chi connectivity index (χ0v) is 16.7. The molecule has 0 aliphatic heterocycles. The molecule has 182 valence electrons. The van der Waals surface area contributed by atoms with E-state index in [0.29, 0.717) is 18.2 Å². The van der Waals surface area contributed by atoms with Gasteiger partial charge >= 0.3 is 18.5 Å². The van der Waals surface area contributed by atoms with E-state index >= 15 is 0 Å². The predicted octanol–water partition coefficient (Wildman–Crippen LogP) is 5.12. The lowest BCUT2D eigenvalue weighted by molar-refractivity contribution is -0.143. The molecule has 0 aliphatic carbocycles. The molecule has 0 atom stereocenters. The molecule has 2 aromatic rings. The number of hydrogen-bond acceptors (Lipinski definition) is 4. The van der Waals surface area contributed by atoms with Crippen LogP contribution in [0, 0.1) is 0 Å². The van der Waals surface area contributed by atoms with Crippen molar-refractivity contribution in [2.75, 3.05) is 13.2 Å². The largest absolute Gasteiger partial charge is 0.474 e. The molecule has 0 bridgehead atoms. The van der Waals surface area contributed by atoms with E-state index in [-0.39, 0.29) is 25.8 Å². The van der Waals surface area contributed by atoms with E-state index in [1.165, 1.54) is 19.1 Å². The van der Waals surface area contributed by atoms with Crippen LogP contribution in [0.15, 0.2) is 41.4 Å². The third kappa shape index (κ3) is 6.73. The number of ether oxygens (including phenoxy) is 1. The Morgan fingerprint density at radius 2 is 1.64 bits per heavy atom. The highest BCUT2D eigenvalue weighted by Gasteiger charge is 2.38. The summed E-state index contributed by atoms with van der Waals surface area (Å²) in [5, 5.41) is 8.70. The number of halogens is 9. The minimum atomic E-state index is -5.28. The van der Waals surface area contributed by atoms with Crippen LogP contribution in [0.1, 0.15) is 23.7 Å². The molecule has 33 heavy (non-hydrogen) atoms. The molecule has 0 saturated carbocycles. The lowest BCUT2D eigenvalue weighted by Gasteiger charge is -2.16. The summed E-state index contributed by atoms with van der Waals surface area (Å²) < 4.78 is 125. The summed E-state index contributed by atoms with van der Waals surface area (Å²) in [6.45, 7) is 0.609. The first kappa shape index (κ1) is 26.2. The molecule has 1 heterocycles. The van der Waals surface area contributed by atoms with Crippen molar-refractivity contribution < 1.29 is 49.4 Å². The highest BCUT2D eigenvalue weighted by molar-refractivity contribution is 5.50. The monoisotopic (exact) mass is 489 g/mol. The summed E-state index contributed by atoms with van der Waals surface area (Å²) >= 11 is 0. The van der Waals surface area contributed by atoms with Crippen molar-refractivity contribution in [3.63, 3.8) is 0 Å². The van der Waals surface area contributed by atoms with Gasteiger partial charge in [-0.25, -0.2) is 9.98 Å². The van der Waals surface area contributed by atoms with Gasteiger partial charge in [0.1, 0.15) is 6.61 Å². The Bertz CT molecular complexity index is 1070. The number of benzene rings is 1. The van der Waals surface area contributed by atoms with Crippen LogP contribution >= 0.6 is 0 Å². The summed E-state index contributed by atoms with van der Waals surface area (Å²) in [5.41, 5.74) is -6.86. The maximum absolute atomic E-state index is 13.4. The Morgan fingerprint density at radius 1 is 0.970 bits per heavy atom. The maximum atomic E-state index is 13.4. The van der Waals surface area contributed by atoms with Crippen LogP contribution in [-0.2, 0) is 25.1 Å². The summed E-state index contributed by atoms with van der Waals surface area (Å²) in [5.74, 6) is -0.457. The predicted molar refractivity (Wildman–Crippen MR) is 96.3 cm³/mol. The zero-order chi connectivity index (χ0) is 25.0. The Morgan fingerprint density at radius 3 is 2.15 bits per heavy atom. The van der Waals surface area contributed by atoms with E-state index in [9.17, 15) is 39.5 Å². The number of nitrogens with zero attached hydrogens (tertiary/aromatic N) is 3. The average molecular weight is 489 g/mol. The molecule has 2 rings (SSSR count). The van der Waals surface area contributed by atoms with Crippen molar-refractivity contribution in [1.82, 2.24) is 9.55 Å². The second-order valence-corrected chi connectivity index (χ2v) is 6.33. The molecule has 0 unspecified atom stereocenters. The van der Waals surface area contributed by atoms with Gasteiger partial charge in [0, 0.05) is 12.6 Å². The number of rotatable bonds is 6. The summed E-state index contributed by atoms with van der Waals surface area (Å²) in [6, 6.07) is 1.06. The van der Waals surface area contributed by atoms with Crippen molar-refractivity contribution in [1.29, 1.82) is 0 Å². The van der Waals surface area contributed by atoms with Gasteiger partial charge in [-0.05, 0) is 31.2 Å². The molecular weight excluding hydrogens is 473 g/mol. The van der Waals surface area contributed by atoms with E-state index in [2.05, 4.69) is 9.98 Å². The van der Waals surface area contributed by atoms with E-state index < -0.39 is 52.5 Å². The van der Waals surface area contributed by atoms with E-state index in [1.54, 1.807) is 0 Å². The van der Waals surface area contributed by atoms with Gasteiger partial charge in [-0.3, -0.25) is 4.57 Å². The van der Waals surface area contributed by atoms with Crippen molar-refractivity contribution >= 4 is 5.69 Å². The number of aliphatic hydroxyl groups is 1. The number of aromatic nitrogens is 2. The van der Waals surface area contributed by atoms with Crippen LogP contribution in [0.3, 0.4) is 0 Å². The molecule has 5 nitrogen and oxygen atoms in total. The molecule has 0 amide bonds. The first-order chi connectivity index (χ1) is 15.2. The second kappa shape index (κ2) is 9.85. The highest BCUT2D eigenvalue weighted by Crippen LogP contribution is 2.40. The smallest absolute Gasteiger partial charge is 0.433 e. The van der Waals surface area contributed by atoms with Crippen molar-refractivity contribution in [2.45, 2.75) is 32.0 Å². The van der Waals surface area contributed by atoms with Crippen LogP contribution in [0.2, 0.25) is 0 Å². The van der Waals surface area contributed by atoms with Gasteiger partial charge < -0.3 is 9.84 Å². The van der Waals surface area contributed by atoms with Crippen LogP contribution in [-0.4, -0.2) is 27.9 Å². The Hall–Kier alpha value is -3.03. The van der Waals surface area contributed by atoms with Gasteiger partial charge in [-0.2, -0.15) is 39.5 Å². The standard InChI is InChI=1S/C19H16F9N3O2/c1-2-31-15(33-8-4-3-7-32)10-14(19(26,27)28)30-16(31)29-13-6-5-11(17(20,21)22)9-12(13)18(23,24)25/h3-6,9-10,32H,2,7-8H2,1H3. The Balaban J connectivity index is 2.79. The number of aliphatic hydroxyl groups excluding tert-OH is 1. The second-order valence-electron chi connectivity index (χ2n) is 6.33. The topological polar surface area (TPSA) is 59.6 Å². The van der Waals surface area contributed by atoms with Gasteiger partial charge in [0.25, 0.3) is 0 Å². The summed E-state index contributed by atoms with van der Waals surface area (Å²) in [4.78, 5) is 6.76. The third-order valence-electron chi connectivity index (χ3n) is 4.04. The van der Waals surface area contributed by atoms with Crippen molar-refractivity contribution in [3.05, 3.63) is 58.9 Å². The Kier molecular flexibility index (Phi) is 7.83. The molecule has 14 heteroatoms. The lowest BCUT2D eigenvalue weighted by Crippen LogP contribution is -2.29. The number of alkyl halides is 9. The molecule has 0 saturated heterocycles. The van der Waals surface area contributed by atoms with E-state index in [4.69, 9.17) is 9.84 Å². The van der Waals surface area contributed by atoms with Crippen LogP contribution in [0.5, 0.6) is 5.88 Å². The van der Waals surface area contributed by atoms with E-state index in [0.717, 1.165) is 4.57 Å². The molecule has 1 N–H and O–H groups in total. The van der Waals surface area contributed by atoms with Crippen molar-refractivity contribution in [2.24, 2.45) is 4.99 Å². The molecular formula is C19H16F9N3O2. The van der Waals surface area contributed by atoms with Crippen LogP contribution < -0.4 is 10.4 Å². The van der Waals surface area contributed by atoms with Crippen LogP contribution in [0.4, 0.5) is 45.2 Å². The molecule has 0 spiro atoms. The molecule has 1 aromatic carbocycles. The fourth-order valence-corrected chi connectivity index (χ4v) is 2.56. The van der Waals surface area contributed by atoms with Gasteiger partial charge in [0.2, 0.25) is 5.62 Å². The molecule has 0 aliphatic rings. The molecule has 0 radical (unpaired) electrons. The average Bonchev–Trinajstić information content (AvgIpc) is 2.69. The summed E-state index contributed by atoms with van der Waals surface area (Å²) in [7, 11) is 0. The minimum Gasteiger partial charge on any atom is -0.474 e. The fourth-order valence-electron chi connectivity index (χ4n) is 2.56. The number of hydrogen-bond donors (Lipinski definition) is 1. The lowest BCUT2D eigenvalue weighted by atomic mass is 10.1. The van der Waals surface area contributed by atoms with E-state index in [1.807, 2.05) is 0 Å². The van der Waals surface area contributed by atoms with Crippen LogP contribution in [0.25, 0.3) is 0 Å². The zero-order valence-electron chi connectivity index (χ0n) is 16.7. The van der Waals surface area contributed by atoms with Crippen molar-refractivity contribution in [3.8, 4) is 5.88 Å². The Labute approximate surface area is 180 Å². The molecule has 0 fully saturated rings. The minimum absolute atomic E-state index is 0.148. The van der Waals surface area contributed by atoms with Gasteiger partial charge in [0.15, 0.2) is 11.6 Å². The normalized spacial score (nSPS) is 13.7. The van der Waals surface area contributed by atoms with Gasteiger partial charge in [0.05, 0.1) is 23.4 Å². The SMILES string of the molecule is CCn1c(OCC=CCO)cc(C(F)(F)F)nc1=Nc1ccc(C(F)(F)F)cc1C(F)(F)F. The quantitative estimate of drug-likeness (QED) is 0.453. The fraction of sp³-hybridized carbons (Fsp3) is 0.368.